The average Bonchev–Trinajstić information content (AvgIpc) is 3.12. The molecule has 1 atom stereocenters. The quantitative estimate of drug-likeness (QED) is 0.299. The largest absolute Gasteiger partial charge is 0.494 e. The Bertz CT molecular complexity index is 919. The van der Waals surface area contributed by atoms with Crippen LogP contribution in [0.4, 0.5) is 0 Å². The lowest BCUT2D eigenvalue weighted by Gasteiger charge is -2.17. The second kappa shape index (κ2) is 12.5. The fraction of sp³-hybridized carbons (Fsp3) is 0.417. The Hall–Kier alpha value is -2.49. The monoisotopic (exact) mass is 552 g/mol. The molecule has 0 spiro atoms. The van der Waals surface area contributed by atoms with E-state index in [1.54, 1.807) is 19.0 Å². The van der Waals surface area contributed by atoms with Gasteiger partial charge >= 0.3 is 0 Å². The van der Waals surface area contributed by atoms with E-state index in [9.17, 15) is 4.79 Å². The van der Waals surface area contributed by atoms with Gasteiger partial charge in [-0.15, -0.1) is 24.0 Å². The van der Waals surface area contributed by atoms with Gasteiger partial charge in [-0.2, -0.15) is 0 Å². The van der Waals surface area contributed by atoms with Crippen molar-refractivity contribution in [3.8, 4) is 11.5 Å². The molecule has 8 heteroatoms. The maximum atomic E-state index is 12.0. The molecular weight excluding hydrogens is 519 g/mol. The number of benzene rings is 2. The number of rotatable bonds is 8. The zero-order valence-electron chi connectivity index (χ0n) is 19.2. The predicted octanol–water partition coefficient (Wildman–Crippen LogP) is 3.35. The van der Waals surface area contributed by atoms with Gasteiger partial charge in [-0.05, 0) is 31.5 Å². The van der Waals surface area contributed by atoms with Crippen LogP contribution in [-0.4, -0.2) is 50.1 Å². The molecule has 7 nitrogen and oxygen atoms in total. The van der Waals surface area contributed by atoms with Gasteiger partial charge in [0.2, 0.25) is 5.91 Å². The van der Waals surface area contributed by atoms with E-state index in [1.807, 2.05) is 43.3 Å². The topological polar surface area (TPSA) is 75.2 Å². The molecule has 174 valence electrons. The van der Waals surface area contributed by atoms with Gasteiger partial charge in [0, 0.05) is 38.2 Å². The van der Waals surface area contributed by atoms with Gasteiger partial charge < -0.3 is 25.0 Å². The highest BCUT2D eigenvalue weighted by Crippen LogP contribution is 2.35. The van der Waals surface area contributed by atoms with Gasteiger partial charge in [-0.1, -0.05) is 30.3 Å². The lowest BCUT2D eigenvalue weighted by molar-refractivity contribution is -0.127. The Morgan fingerprint density at radius 2 is 1.97 bits per heavy atom. The minimum Gasteiger partial charge on any atom is -0.494 e. The third kappa shape index (κ3) is 7.29. The summed E-state index contributed by atoms with van der Waals surface area (Å²) >= 11 is 0. The Morgan fingerprint density at radius 3 is 2.66 bits per heavy atom. The van der Waals surface area contributed by atoms with Crippen LogP contribution < -0.4 is 20.1 Å². The molecule has 1 aliphatic heterocycles. The number of fused-ring (bicyclic) bond motifs is 1. The van der Waals surface area contributed by atoms with E-state index in [1.165, 1.54) is 5.56 Å². The summed E-state index contributed by atoms with van der Waals surface area (Å²) in [6.45, 7) is 5.80. The second-order valence-electron chi connectivity index (χ2n) is 7.78. The molecule has 1 heterocycles. The van der Waals surface area contributed by atoms with Crippen molar-refractivity contribution in [2.45, 2.75) is 39.5 Å². The molecule has 1 aliphatic rings. The molecule has 2 N–H and O–H groups in total. The van der Waals surface area contributed by atoms with Crippen LogP contribution >= 0.6 is 24.0 Å². The standard InChI is InChI=1S/C24H32N4O3.HI/c1-5-30-21-12-19-11-17(2)31-22(19)13-20(21)15-26-24(27-16-23(29)28(3)4)25-14-18-9-7-6-8-10-18;/h6-10,12-13,17H,5,11,14-16H2,1-4H3,(H2,25,26,27);1H. The summed E-state index contributed by atoms with van der Waals surface area (Å²) in [6, 6.07) is 14.1. The van der Waals surface area contributed by atoms with E-state index in [4.69, 9.17) is 9.47 Å². The fourth-order valence-corrected chi connectivity index (χ4v) is 3.33. The molecule has 3 rings (SSSR count). The smallest absolute Gasteiger partial charge is 0.241 e. The van der Waals surface area contributed by atoms with Crippen molar-refractivity contribution >= 4 is 35.8 Å². The van der Waals surface area contributed by atoms with Gasteiger partial charge in [0.25, 0.3) is 0 Å². The number of hydrogen-bond acceptors (Lipinski definition) is 4. The maximum absolute atomic E-state index is 12.0. The first kappa shape index (κ1) is 25.8. The number of nitrogens with one attached hydrogen (secondary N) is 2. The van der Waals surface area contributed by atoms with Crippen molar-refractivity contribution in [3.63, 3.8) is 0 Å². The molecule has 0 fully saturated rings. The van der Waals surface area contributed by atoms with Gasteiger partial charge in [0.05, 0.1) is 19.7 Å². The first-order valence-corrected chi connectivity index (χ1v) is 10.7. The Balaban J connectivity index is 0.00000363. The van der Waals surface area contributed by atoms with Crippen molar-refractivity contribution < 1.29 is 14.3 Å². The third-order valence-electron chi connectivity index (χ3n) is 4.99. The van der Waals surface area contributed by atoms with Crippen LogP contribution in [0.5, 0.6) is 11.5 Å². The number of guanidine groups is 1. The number of halogens is 1. The zero-order valence-corrected chi connectivity index (χ0v) is 21.5. The van der Waals surface area contributed by atoms with Crippen molar-refractivity contribution in [2.75, 3.05) is 27.2 Å². The Morgan fingerprint density at radius 1 is 1.22 bits per heavy atom. The minimum atomic E-state index is -0.0239. The summed E-state index contributed by atoms with van der Waals surface area (Å²) in [7, 11) is 3.47. The Kier molecular flexibility index (Phi) is 10.1. The summed E-state index contributed by atoms with van der Waals surface area (Å²) in [4.78, 5) is 18.2. The lowest BCUT2D eigenvalue weighted by atomic mass is 10.1. The number of aliphatic imine (C=N–C) groups is 1. The number of likely N-dealkylation sites (N-methyl/N-ethyl adjacent to an activating group) is 1. The summed E-state index contributed by atoms with van der Waals surface area (Å²) in [5, 5.41) is 6.46. The van der Waals surface area contributed by atoms with Gasteiger partial charge in [-0.25, -0.2) is 4.99 Å². The first-order chi connectivity index (χ1) is 15.0. The van der Waals surface area contributed by atoms with E-state index in [0.717, 1.165) is 29.0 Å². The summed E-state index contributed by atoms with van der Waals surface area (Å²) in [6.07, 6.45) is 1.07. The molecule has 0 saturated heterocycles. The van der Waals surface area contributed by atoms with E-state index < -0.39 is 0 Å². The van der Waals surface area contributed by atoms with Crippen molar-refractivity contribution in [1.82, 2.24) is 15.5 Å². The maximum Gasteiger partial charge on any atom is 0.241 e. The molecule has 0 radical (unpaired) electrons. The molecule has 0 aliphatic carbocycles. The van der Waals surface area contributed by atoms with E-state index in [2.05, 4.69) is 28.6 Å². The number of carbonyl (C=O) groups is 1. The first-order valence-electron chi connectivity index (χ1n) is 10.7. The number of hydrogen-bond donors (Lipinski definition) is 2. The number of amides is 1. The molecule has 0 saturated carbocycles. The highest BCUT2D eigenvalue weighted by atomic mass is 127. The third-order valence-corrected chi connectivity index (χ3v) is 4.99. The highest BCUT2D eigenvalue weighted by molar-refractivity contribution is 14.0. The molecule has 2 aromatic carbocycles. The fourth-order valence-electron chi connectivity index (χ4n) is 3.33. The van der Waals surface area contributed by atoms with E-state index in [0.29, 0.717) is 25.7 Å². The summed E-state index contributed by atoms with van der Waals surface area (Å²) in [5.74, 6) is 2.30. The predicted molar refractivity (Wildman–Crippen MR) is 138 cm³/mol. The van der Waals surface area contributed by atoms with Crippen LogP contribution in [0, 0.1) is 0 Å². The van der Waals surface area contributed by atoms with Crippen LogP contribution in [0.3, 0.4) is 0 Å². The SMILES string of the molecule is CCOc1cc2c(cc1CNC(=NCc1ccccc1)NCC(=O)N(C)C)OC(C)C2.I. The minimum absolute atomic E-state index is 0. The van der Waals surface area contributed by atoms with E-state index in [-0.39, 0.29) is 42.5 Å². The number of carbonyl (C=O) groups excluding carboxylic acids is 1. The number of nitrogens with zero attached hydrogens (tertiary/aromatic N) is 2. The van der Waals surface area contributed by atoms with Gasteiger partial charge in [0.15, 0.2) is 5.96 Å². The summed E-state index contributed by atoms with van der Waals surface area (Å²) in [5.41, 5.74) is 3.26. The molecular formula is C24H33IN4O3. The molecule has 0 aromatic heterocycles. The van der Waals surface area contributed by atoms with Crippen LogP contribution in [-0.2, 0) is 24.3 Å². The molecule has 32 heavy (non-hydrogen) atoms. The van der Waals surface area contributed by atoms with Crippen molar-refractivity contribution in [2.24, 2.45) is 4.99 Å². The normalized spacial score (nSPS) is 14.6. The highest BCUT2D eigenvalue weighted by Gasteiger charge is 2.22. The lowest BCUT2D eigenvalue weighted by Crippen LogP contribution is -2.42. The van der Waals surface area contributed by atoms with E-state index >= 15 is 0 Å². The molecule has 1 amide bonds. The van der Waals surface area contributed by atoms with Crippen molar-refractivity contribution in [3.05, 3.63) is 59.2 Å². The molecule has 2 aromatic rings. The molecule has 1 unspecified atom stereocenters. The zero-order chi connectivity index (χ0) is 22.2. The van der Waals surface area contributed by atoms with Crippen LogP contribution in [0.15, 0.2) is 47.5 Å². The summed E-state index contributed by atoms with van der Waals surface area (Å²) < 4.78 is 11.8. The van der Waals surface area contributed by atoms with Gasteiger partial charge in [0.1, 0.15) is 17.6 Å². The Labute approximate surface area is 207 Å². The van der Waals surface area contributed by atoms with Crippen LogP contribution in [0.2, 0.25) is 0 Å². The van der Waals surface area contributed by atoms with Crippen LogP contribution in [0.1, 0.15) is 30.5 Å². The second-order valence-corrected chi connectivity index (χ2v) is 7.78. The average molecular weight is 552 g/mol. The van der Waals surface area contributed by atoms with Gasteiger partial charge in [-0.3, -0.25) is 4.79 Å². The number of ether oxygens (including phenoxy) is 2. The molecule has 0 bridgehead atoms. The van der Waals surface area contributed by atoms with Crippen LogP contribution in [0.25, 0.3) is 0 Å². The van der Waals surface area contributed by atoms with Crippen molar-refractivity contribution in [1.29, 1.82) is 0 Å².